The summed E-state index contributed by atoms with van der Waals surface area (Å²) >= 11 is 5.61. The van der Waals surface area contributed by atoms with E-state index in [0.29, 0.717) is 5.56 Å². The number of halogens is 3. The summed E-state index contributed by atoms with van der Waals surface area (Å²) in [7, 11) is 0. The van der Waals surface area contributed by atoms with Crippen molar-refractivity contribution >= 4 is 17.6 Å². The van der Waals surface area contributed by atoms with Crippen LogP contribution in [0.15, 0.2) is 18.2 Å². The Morgan fingerprint density at radius 2 is 2.20 bits per heavy atom. The number of rotatable bonds is 4. The zero-order valence-corrected chi connectivity index (χ0v) is 8.17. The summed E-state index contributed by atoms with van der Waals surface area (Å²) in [6, 6.07) is 3.87. The van der Waals surface area contributed by atoms with Gasteiger partial charge in [0.2, 0.25) is 0 Å². The molecule has 6 heteroatoms. The third-order valence-electron chi connectivity index (χ3n) is 1.57. The van der Waals surface area contributed by atoms with E-state index >= 15 is 0 Å². The third kappa shape index (κ3) is 3.71. The monoisotopic (exact) mass is 236 g/mol. The van der Waals surface area contributed by atoms with Crippen LogP contribution in [0.4, 0.5) is 8.78 Å². The van der Waals surface area contributed by atoms with Crippen LogP contribution in [0.3, 0.4) is 0 Å². The Bertz CT molecular complexity index is 368. The van der Waals surface area contributed by atoms with Gasteiger partial charge in [-0.3, -0.25) is 4.79 Å². The largest absolute Gasteiger partial charge is 0.481 e. The summed E-state index contributed by atoms with van der Waals surface area (Å²) in [5, 5.41) is 8.44. The van der Waals surface area contributed by atoms with Gasteiger partial charge in [0.05, 0.1) is 11.4 Å². The first-order valence-corrected chi connectivity index (χ1v) is 4.32. The standard InChI is InChI=1S/C9H7ClF2O3/c10-6-3-5(4-8(13)14)1-2-7(6)15-9(11)12/h1-3,9H,4H2,(H,13,14). The van der Waals surface area contributed by atoms with Gasteiger partial charge < -0.3 is 9.84 Å². The van der Waals surface area contributed by atoms with E-state index in [1.807, 2.05) is 0 Å². The number of carbonyl (C=O) groups is 1. The summed E-state index contributed by atoms with van der Waals surface area (Å²) in [5.74, 6) is -1.19. The van der Waals surface area contributed by atoms with Crippen molar-refractivity contribution in [1.29, 1.82) is 0 Å². The average Bonchev–Trinajstić information content (AvgIpc) is 2.08. The van der Waals surface area contributed by atoms with Crippen molar-refractivity contribution in [2.45, 2.75) is 13.0 Å². The van der Waals surface area contributed by atoms with E-state index in [4.69, 9.17) is 16.7 Å². The third-order valence-corrected chi connectivity index (χ3v) is 1.86. The van der Waals surface area contributed by atoms with Crippen molar-refractivity contribution in [3.63, 3.8) is 0 Å². The van der Waals surface area contributed by atoms with Crippen molar-refractivity contribution in [3.8, 4) is 5.75 Å². The quantitative estimate of drug-likeness (QED) is 0.874. The summed E-state index contributed by atoms with van der Waals surface area (Å²) in [6.07, 6.45) is -0.214. The highest BCUT2D eigenvalue weighted by Gasteiger charge is 2.09. The van der Waals surface area contributed by atoms with Gasteiger partial charge in [0, 0.05) is 0 Å². The van der Waals surface area contributed by atoms with Crippen LogP contribution in [0.1, 0.15) is 5.56 Å². The molecule has 0 heterocycles. The Morgan fingerprint density at radius 3 is 2.67 bits per heavy atom. The van der Waals surface area contributed by atoms with E-state index in [9.17, 15) is 13.6 Å². The zero-order valence-electron chi connectivity index (χ0n) is 7.41. The molecule has 0 aromatic heterocycles. The molecular weight excluding hydrogens is 230 g/mol. The molecule has 1 aromatic rings. The minimum Gasteiger partial charge on any atom is -0.481 e. The highest BCUT2D eigenvalue weighted by Crippen LogP contribution is 2.27. The number of carboxylic acid groups (broad SMARTS) is 1. The predicted octanol–water partition coefficient (Wildman–Crippen LogP) is 2.57. The maximum atomic E-state index is 11.8. The molecule has 0 fully saturated rings. The fraction of sp³-hybridized carbons (Fsp3) is 0.222. The molecule has 0 aliphatic rings. The first-order valence-electron chi connectivity index (χ1n) is 3.94. The van der Waals surface area contributed by atoms with Crippen LogP contribution >= 0.6 is 11.6 Å². The predicted molar refractivity (Wildman–Crippen MR) is 49.4 cm³/mol. The van der Waals surface area contributed by atoms with E-state index in [-0.39, 0.29) is 17.2 Å². The molecule has 1 aromatic carbocycles. The second-order valence-electron chi connectivity index (χ2n) is 2.71. The highest BCUT2D eigenvalue weighted by atomic mass is 35.5. The molecule has 1 N–H and O–H groups in total. The van der Waals surface area contributed by atoms with Gasteiger partial charge in [-0.15, -0.1) is 0 Å². The summed E-state index contributed by atoms with van der Waals surface area (Å²) < 4.78 is 27.8. The molecule has 0 saturated heterocycles. The lowest BCUT2D eigenvalue weighted by atomic mass is 10.1. The van der Waals surface area contributed by atoms with Crippen molar-refractivity contribution in [1.82, 2.24) is 0 Å². The Balaban J connectivity index is 2.83. The number of hydrogen-bond donors (Lipinski definition) is 1. The molecular formula is C9H7ClF2O3. The lowest BCUT2D eigenvalue weighted by Gasteiger charge is -2.07. The van der Waals surface area contributed by atoms with Crippen molar-refractivity contribution in [2.24, 2.45) is 0 Å². The molecule has 0 spiro atoms. The second kappa shape index (κ2) is 4.93. The van der Waals surface area contributed by atoms with Crippen LogP contribution in [-0.4, -0.2) is 17.7 Å². The van der Waals surface area contributed by atoms with Gasteiger partial charge in [0.25, 0.3) is 0 Å². The van der Waals surface area contributed by atoms with Crippen LogP contribution in [0, 0.1) is 0 Å². The highest BCUT2D eigenvalue weighted by molar-refractivity contribution is 6.32. The molecule has 0 atom stereocenters. The molecule has 3 nitrogen and oxygen atoms in total. The van der Waals surface area contributed by atoms with E-state index in [2.05, 4.69) is 4.74 Å². The molecule has 0 bridgehead atoms. The number of benzene rings is 1. The first-order chi connectivity index (χ1) is 6.99. The smallest absolute Gasteiger partial charge is 0.387 e. The lowest BCUT2D eigenvalue weighted by Crippen LogP contribution is -2.04. The van der Waals surface area contributed by atoms with Gasteiger partial charge in [-0.25, -0.2) is 0 Å². The van der Waals surface area contributed by atoms with Gasteiger partial charge in [0.15, 0.2) is 0 Å². The van der Waals surface area contributed by atoms with Gasteiger partial charge >= 0.3 is 12.6 Å². The number of alkyl halides is 2. The minimum atomic E-state index is -2.95. The van der Waals surface area contributed by atoms with E-state index in [1.165, 1.54) is 18.2 Å². The molecule has 0 aliphatic carbocycles. The molecule has 0 saturated carbocycles. The Kier molecular flexibility index (Phi) is 3.85. The van der Waals surface area contributed by atoms with Crippen LogP contribution in [-0.2, 0) is 11.2 Å². The van der Waals surface area contributed by atoms with Gasteiger partial charge in [-0.1, -0.05) is 17.7 Å². The molecule has 0 unspecified atom stereocenters. The minimum absolute atomic E-state index is 0.0333. The molecule has 1 rings (SSSR count). The number of hydrogen-bond acceptors (Lipinski definition) is 2. The van der Waals surface area contributed by atoms with E-state index in [1.54, 1.807) is 0 Å². The van der Waals surface area contributed by atoms with Crippen LogP contribution in [0.5, 0.6) is 5.75 Å². The molecule has 82 valence electrons. The molecule has 0 amide bonds. The van der Waals surface area contributed by atoms with Gasteiger partial charge in [-0.05, 0) is 17.7 Å². The zero-order chi connectivity index (χ0) is 11.4. The van der Waals surface area contributed by atoms with Crippen LogP contribution in [0.25, 0.3) is 0 Å². The summed E-state index contributed by atoms with van der Waals surface area (Å²) in [6.45, 7) is -2.95. The Hall–Kier alpha value is -1.36. The Morgan fingerprint density at radius 1 is 1.53 bits per heavy atom. The fourth-order valence-electron chi connectivity index (χ4n) is 1.02. The first kappa shape index (κ1) is 11.7. The molecule has 15 heavy (non-hydrogen) atoms. The normalized spacial score (nSPS) is 10.4. The number of ether oxygens (including phenoxy) is 1. The maximum absolute atomic E-state index is 11.8. The van der Waals surface area contributed by atoms with Gasteiger partial charge in [0.1, 0.15) is 5.75 Å². The average molecular weight is 237 g/mol. The summed E-state index contributed by atoms with van der Waals surface area (Å²) in [4.78, 5) is 10.3. The van der Waals surface area contributed by atoms with Crippen LogP contribution in [0.2, 0.25) is 5.02 Å². The Labute approximate surface area is 89.2 Å². The topological polar surface area (TPSA) is 46.5 Å². The van der Waals surface area contributed by atoms with Crippen molar-refractivity contribution in [3.05, 3.63) is 28.8 Å². The number of aliphatic carboxylic acids is 1. The summed E-state index contributed by atoms with van der Waals surface area (Å²) in [5.41, 5.74) is 0.425. The lowest BCUT2D eigenvalue weighted by molar-refractivity contribution is -0.136. The van der Waals surface area contributed by atoms with Crippen LogP contribution < -0.4 is 4.74 Å². The SMILES string of the molecule is O=C(O)Cc1ccc(OC(F)F)c(Cl)c1. The second-order valence-corrected chi connectivity index (χ2v) is 3.12. The molecule has 0 radical (unpaired) electrons. The van der Waals surface area contributed by atoms with Crippen molar-refractivity contribution in [2.75, 3.05) is 0 Å². The fourth-order valence-corrected chi connectivity index (χ4v) is 1.27. The van der Waals surface area contributed by atoms with E-state index in [0.717, 1.165) is 0 Å². The molecule has 0 aliphatic heterocycles. The number of carboxylic acids is 1. The van der Waals surface area contributed by atoms with Gasteiger partial charge in [-0.2, -0.15) is 8.78 Å². The van der Waals surface area contributed by atoms with E-state index < -0.39 is 12.6 Å². The van der Waals surface area contributed by atoms with Crippen molar-refractivity contribution < 1.29 is 23.4 Å². The maximum Gasteiger partial charge on any atom is 0.387 e.